The predicted molar refractivity (Wildman–Crippen MR) is 124 cm³/mol. The maximum absolute atomic E-state index is 13.1. The van der Waals surface area contributed by atoms with Crippen LogP contribution in [0.3, 0.4) is 0 Å². The number of para-hydroxylation sites is 1. The van der Waals surface area contributed by atoms with Crippen LogP contribution >= 0.6 is 23.4 Å². The van der Waals surface area contributed by atoms with E-state index in [0.29, 0.717) is 26.6 Å². The average molecular weight is 452 g/mol. The molecule has 1 saturated heterocycles. The molecule has 0 N–H and O–H groups in total. The fourth-order valence-electron chi connectivity index (χ4n) is 2.90. The van der Waals surface area contributed by atoms with Crippen molar-refractivity contribution < 1.29 is 13.9 Å². The lowest BCUT2D eigenvalue weighted by Gasteiger charge is -2.12. The van der Waals surface area contributed by atoms with Crippen LogP contribution in [-0.2, 0) is 11.3 Å². The number of halogens is 1. The topological polar surface area (TPSA) is 67.4 Å². The number of ether oxygens (including phenoxy) is 1. The summed E-state index contributed by atoms with van der Waals surface area (Å²) in [4.78, 5) is 15.2. The number of hydrogen-bond donors (Lipinski definition) is 0. The fraction of sp³-hybridized carbons (Fsp3) is 0.0870. The molecule has 0 aliphatic carbocycles. The van der Waals surface area contributed by atoms with Crippen LogP contribution in [0.15, 0.2) is 86.5 Å². The molecule has 0 bridgehead atoms. The second kappa shape index (κ2) is 9.68. The van der Waals surface area contributed by atoms with Gasteiger partial charge in [-0.3, -0.25) is 9.69 Å². The van der Waals surface area contributed by atoms with Gasteiger partial charge in [0.15, 0.2) is 5.17 Å². The zero-order valence-corrected chi connectivity index (χ0v) is 18.1. The van der Waals surface area contributed by atoms with Crippen molar-refractivity contribution in [2.45, 2.75) is 6.54 Å². The summed E-state index contributed by atoms with van der Waals surface area (Å²) in [5.41, 5.74) is 1.66. The maximum atomic E-state index is 13.1. The van der Waals surface area contributed by atoms with Crippen molar-refractivity contribution in [2.24, 2.45) is 10.2 Å². The standard InChI is InChI=1S/C23H18ClN3O3S/c1-29-20-7-3-2-5-17(20)13-21-22(28)27(15-19-6-4-12-30-19)23(31-21)26-25-14-16-8-10-18(24)11-9-16/h2-14H,15H2,1H3/b21-13-,25-14-,26-23+. The van der Waals surface area contributed by atoms with E-state index in [1.54, 1.807) is 48.8 Å². The summed E-state index contributed by atoms with van der Waals surface area (Å²) >= 11 is 7.17. The number of amidine groups is 1. The Bertz CT molecular complexity index is 1160. The van der Waals surface area contributed by atoms with E-state index < -0.39 is 0 Å². The molecular weight excluding hydrogens is 434 g/mol. The number of nitrogens with zero attached hydrogens (tertiary/aromatic N) is 3. The van der Waals surface area contributed by atoms with Crippen LogP contribution in [0.1, 0.15) is 16.9 Å². The summed E-state index contributed by atoms with van der Waals surface area (Å²) < 4.78 is 10.8. The van der Waals surface area contributed by atoms with Gasteiger partial charge in [-0.1, -0.05) is 41.9 Å². The number of thioether (sulfide) groups is 1. The van der Waals surface area contributed by atoms with Crippen LogP contribution in [0, 0.1) is 0 Å². The predicted octanol–water partition coefficient (Wildman–Crippen LogP) is 5.45. The summed E-state index contributed by atoms with van der Waals surface area (Å²) in [6.45, 7) is 0.261. The Labute approximate surface area is 188 Å². The highest BCUT2D eigenvalue weighted by Crippen LogP contribution is 2.35. The van der Waals surface area contributed by atoms with Gasteiger partial charge >= 0.3 is 0 Å². The lowest BCUT2D eigenvalue weighted by molar-refractivity contribution is -0.122. The van der Waals surface area contributed by atoms with Gasteiger partial charge in [0.25, 0.3) is 5.91 Å². The Morgan fingerprint density at radius 3 is 2.68 bits per heavy atom. The number of furan rings is 1. The Kier molecular flexibility index (Phi) is 6.54. The van der Waals surface area contributed by atoms with E-state index in [0.717, 1.165) is 11.1 Å². The smallest absolute Gasteiger partial charge is 0.267 e. The normalized spacial score (nSPS) is 16.7. The van der Waals surface area contributed by atoms with Gasteiger partial charge in [0.1, 0.15) is 11.5 Å². The average Bonchev–Trinajstić information content (AvgIpc) is 3.40. The van der Waals surface area contributed by atoms with Crippen molar-refractivity contribution >= 4 is 46.7 Å². The quantitative estimate of drug-likeness (QED) is 0.284. The first-order valence-corrected chi connectivity index (χ1v) is 10.6. The summed E-state index contributed by atoms with van der Waals surface area (Å²) in [6.07, 6.45) is 4.98. The van der Waals surface area contributed by atoms with Gasteiger partial charge in [0, 0.05) is 10.6 Å². The highest BCUT2D eigenvalue weighted by atomic mass is 35.5. The minimum Gasteiger partial charge on any atom is -0.496 e. The molecule has 8 heteroatoms. The lowest BCUT2D eigenvalue weighted by Crippen LogP contribution is -2.28. The first-order chi connectivity index (χ1) is 15.1. The van der Waals surface area contributed by atoms with E-state index in [2.05, 4.69) is 10.2 Å². The van der Waals surface area contributed by atoms with Gasteiger partial charge in [-0.25, -0.2) is 0 Å². The molecule has 0 spiro atoms. The minimum atomic E-state index is -0.173. The highest BCUT2D eigenvalue weighted by Gasteiger charge is 2.34. The number of rotatable bonds is 6. The van der Waals surface area contributed by atoms with Gasteiger partial charge in [-0.05, 0) is 53.7 Å². The zero-order chi connectivity index (χ0) is 21.6. The van der Waals surface area contributed by atoms with Crippen LogP contribution < -0.4 is 4.74 Å². The molecule has 6 nitrogen and oxygen atoms in total. The van der Waals surface area contributed by atoms with Crippen LogP contribution in [0.25, 0.3) is 6.08 Å². The molecule has 31 heavy (non-hydrogen) atoms. The van der Waals surface area contributed by atoms with E-state index in [1.165, 1.54) is 11.8 Å². The second-order valence-electron chi connectivity index (χ2n) is 6.50. The third kappa shape index (κ3) is 5.07. The number of amides is 1. The first-order valence-electron chi connectivity index (χ1n) is 9.37. The van der Waals surface area contributed by atoms with Crippen LogP contribution in [0.2, 0.25) is 5.02 Å². The lowest BCUT2D eigenvalue weighted by atomic mass is 10.2. The molecule has 2 aromatic carbocycles. The van der Waals surface area contributed by atoms with Crippen molar-refractivity contribution in [2.75, 3.05) is 7.11 Å². The number of carbonyl (C=O) groups excluding carboxylic acids is 1. The molecule has 0 radical (unpaired) electrons. The maximum Gasteiger partial charge on any atom is 0.267 e. The van der Waals surface area contributed by atoms with Crippen LogP contribution in [0.5, 0.6) is 5.75 Å². The molecule has 0 saturated carbocycles. The molecule has 0 atom stereocenters. The number of carbonyl (C=O) groups is 1. The van der Waals surface area contributed by atoms with Crippen molar-refractivity contribution in [3.8, 4) is 5.75 Å². The fourth-order valence-corrected chi connectivity index (χ4v) is 3.95. The van der Waals surface area contributed by atoms with Gasteiger partial charge in [0.05, 0.1) is 31.0 Å². The van der Waals surface area contributed by atoms with Crippen molar-refractivity contribution in [1.82, 2.24) is 4.90 Å². The Hall–Kier alpha value is -3.29. The molecule has 3 aromatic rings. The van der Waals surface area contributed by atoms with Crippen LogP contribution in [-0.4, -0.2) is 29.3 Å². The molecule has 0 unspecified atom stereocenters. The van der Waals surface area contributed by atoms with Crippen molar-refractivity contribution in [3.63, 3.8) is 0 Å². The minimum absolute atomic E-state index is 0.173. The molecule has 1 aromatic heterocycles. The van der Waals surface area contributed by atoms with E-state index >= 15 is 0 Å². The SMILES string of the molecule is COc1ccccc1/C=C1\S/C(=N/N=C\c2ccc(Cl)cc2)N(Cc2ccco2)C1=O. The monoisotopic (exact) mass is 451 g/mol. The molecular formula is C23H18ClN3O3S. The molecule has 1 aliphatic rings. The third-order valence-electron chi connectivity index (χ3n) is 4.43. The summed E-state index contributed by atoms with van der Waals surface area (Å²) in [7, 11) is 1.60. The summed E-state index contributed by atoms with van der Waals surface area (Å²) in [5.74, 6) is 1.17. The molecule has 1 aliphatic heterocycles. The molecule has 1 fully saturated rings. The van der Waals surface area contributed by atoms with Gasteiger partial charge in [0.2, 0.25) is 0 Å². The van der Waals surface area contributed by atoms with Gasteiger partial charge in [-0.2, -0.15) is 5.10 Å². The second-order valence-corrected chi connectivity index (χ2v) is 7.95. The van der Waals surface area contributed by atoms with E-state index in [9.17, 15) is 4.79 Å². The molecule has 4 rings (SSSR count). The number of methoxy groups -OCH3 is 1. The van der Waals surface area contributed by atoms with Crippen molar-refractivity contribution in [3.05, 3.63) is 93.7 Å². The van der Waals surface area contributed by atoms with E-state index in [4.69, 9.17) is 20.8 Å². The molecule has 1 amide bonds. The van der Waals surface area contributed by atoms with Crippen LogP contribution in [0.4, 0.5) is 0 Å². The molecule has 2 heterocycles. The Morgan fingerprint density at radius 1 is 1.13 bits per heavy atom. The zero-order valence-electron chi connectivity index (χ0n) is 16.6. The summed E-state index contributed by atoms with van der Waals surface area (Å²) in [5, 5.41) is 9.57. The highest BCUT2D eigenvalue weighted by molar-refractivity contribution is 8.18. The number of hydrogen-bond acceptors (Lipinski definition) is 6. The Balaban J connectivity index is 1.63. The van der Waals surface area contributed by atoms with Gasteiger partial charge in [-0.15, -0.1) is 5.10 Å². The van der Waals surface area contributed by atoms with Gasteiger partial charge < -0.3 is 9.15 Å². The Morgan fingerprint density at radius 2 is 1.94 bits per heavy atom. The largest absolute Gasteiger partial charge is 0.496 e. The van der Waals surface area contributed by atoms with Crippen molar-refractivity contribution in [1.29, 1.82) is 0 Å². The summed E-state index contributed by atoms with van der Waals surface area (Å²) in [6, 6.07) is 18.4. The number of benzene rings is 2. The third-order valence-corrected chi connectivity index (χ3v) is 5.68. The van der Waals surface area contributed by atoms with E-state index in [-0.39, 0.29) is 12.5 Å². The molecule has 156 valence electrons. The van der Waals surface area contributed by atoms with E-state index in [1.807, 2.05) is 42.5 Å². The first kappa shape index (κ1) is 21.0.